The van der Waals surface area contributed by atoms with E-state index in [0.29, 0.717) is 32.0 Å². The highest BCUT2D eigenvalue weighted by Crippen LogP contribution is 2.24. The minimum absolute atomic E-state index is 0. The van der Waals surface area contributed by atoms with Crippen molar-refractivity contribution in [3.63, 3.8) is 0 Å². The molecule has 0 fully saturated rings. The van der Waals surface area contributed by atoms with Crippen molar-refractivity contribution >= 4 is 47.2 Å². The number of guanidine groups is 1. The smallest absolute Gasteiger partial charge is 0.224 e. The van der Waals surface area contributed by atoms with Gasteiger partial charge in [0.2, 0.25) is 5.91 Å². The second-order valence-corrected chi connectivity index (χ2v) is 7.92. The number of benzene rings is 1. The summed E-state index contributed by atoms with van der Waals surface area (Å²) in [4.78, 5) is 19.9. The number of amides is 1. The molecule has 164 valence electrons. The number of hydrogen-bond donors (Lipinski definition) is 2. The molecule has 0 saturated heterocycles. The van der Waals surface area contributed by atoms with E-state index < -0.39 is 0 Å². The molecule has 0 spiro atoms. The van der Waals surface area contributed by atoms with Crippen LogP contribution in [0.2, 0.25) is 0 Å². The molecule has 0 saturated carbocycles. The van der Waals surface area contributed by atoms with E-state index in [9.17, 15) is 9.18 Å². The first kappa shape index (κ1) is 24.4. The first-order valence-electron chi connectivity index (χ1n) is 9.75. The van der Waals surface area contributed by atoms with Crippen LogP contribution in [-0.4, -0.2) is 49.6 Å². The number of thiophene rings is 1. The van der Waals surface area contributed by atoms with Crippen LogP contribution in [0.25, 0.3) is 0 Å². The van der Waals surface area contributed by atoms with Crippen LogP contribution in [0.4, 0.5) is 4.39 Å². The number of fused-ring (bicyclic) bond motifs is 1. The summed E-state index contributed by atoms with van der Waals surface area (Å²) in [7, 11) is 1.67. The number of carbonyl (C=O) groups is 1. The summed E-state index contributed by atoms with van der Waals surface area (Å²) in [6.07, 6.45) is 1.09. The number of hydrogen-bond acceptors (Lipinski definition) is 4. The second kappa shape index (κ2) is 12.1. The van der Waals surface area contributed by atoms with E-state index in [1.54, 1.807) is 36.6 Å². The molecule has 0 aliphatic carbocycles. The van der Waals surface area contributed by atoms with Crippen LogP contribution in [0.5, 0.6) is 5.75 Å². The number of rotatable bonds is 7. The van der Waals surface area contributed by atoms with Crippen LogP contribution in [0.15, 0.2) is 40.7 Å². The van der Waals surface area contributed by atoms with E-state index in [2.05, 4.69) is 27.1 Å². The van der Waals surface area contributed by atoms with Gasteiger partial charge in [-0.1, -0.05) is 12.1 Å². The summed E-state index contributed by atoms with van der Waals surface area (Å²) < 4.78 is 19.3. The van der Waals surface area contributed by atoms with Gasteiger partial charge in [-0.25, -0.2) is 4.39 Å². The van der Waals surface area contributed by atoms with Crippen molar-refractivity contribution in [1.29, 1.82) is 0 Å². The Hall–Kier alpha value is -1.88. The molecule has 0 bridgehead atoms. The van der Waals surface area contributed by atoms with Gasteiger partial charge in [0.1, 0.15) is 6.10 Å². The van der Waals surface area contributed by atoms with E-state index in [1.165, 1.54) is 16.5 Å². The molecule has 1 aromatic heterocycles. The van der Waals surface area contributed by atoms with Gasteiger partial charge in [-0.3, -0.25) is 9.79 Å². The van der Waals surface area contributed by atoms with Crippen molar-refractivity contribution in [2.24, 2.45) is 4.99 Å². The van der Waals surface area contributed by atoms with Crippen molar-refractivity contribution < 1.29 is 13.9 Å². The fourth-order valence-corrected chi connectivity index (χ4v) is 4.06. The normalized spacial score (nSPS) is 14.4. The Morgan fingerprint density at radius 2 is 2.13 bits per heavy atom. The van der Waals surface area contributed by atoms with Crippen LogP contribution in [0, 0.1) is 5.82 Å². The predicted octanol–water partition coefficient (Wildman–Crippen LogP) is 3.41. The Morgan fingerprint density at radius 3 is 2.90 bits per heavy atom. The summed E-state index contributed by atoms with van der Waals surface area (Å²) in [5, 5.41) is 8.38. The third-order valence-corrected chi connectivity index (χ3v) is 5.76. The van der Waals surface area contributed by atoms with Crippen LogP contribution in [0.1, 0.15) is 23.8 Å². The van der Waals surface area contributed by atoms with Crippen LogP contribution in [0.3, 0.4) is 0 Å². The lowest BCUT2D eigenvalue weighted by molar-refractivity contribution is -0.131. The predicted molar refractivity (Wildman–Crippen MR) is 129 cm³/mol. The molecule has 3 rings (SSSR count). The van der Waals surface area contributed by atoms with E-state index >= 15 is 0 Å². The largest absolute Gasteiger partial charge is 0.486 e. The SMILES string of the molecule is CN=C(NCCC(=O)N1CCc2sccc2C1)NCC(C)Oc1ccccc1F.I. The number of carbonyl (C=O) groups excluding carboxylic acids is 1. The minimum Gasteiger partial charge on any atom is -0.486 e. The fourth-order valence-electron chi connectivity index (χ4n) is 3.17. The highest BCUT2D eigenvalue weighted by Gasteiger charge is 2.21. The summed E-state index contributed by atoms with van der Waals surface area (Å²) in [6.45, 7) is 4.29. The lowest BCUT2D eigenvalue weighted by atomic mass is 10.1. The van der Waals surface area contributed by atoms with Crippen LogP contribution < -0.4 is 15.4 Å². The maximum atomic E-state index is 13.7. The van der Waals surface area contributed by atoms with E-state index in [1.807, 2.05) is 11.8 Å². The number of halogens is 2. The molecule has 2 heterocycles. The average molecular weight is 546 g/mol. The maximum Gasteiger partial charge on any atom is 0.224 e. The zero-order chi connectivity index (χ0) is 20.6. The zero-order valence-corrected chi connectivity index (χ0v) is 20.3. The highest BCUT2D eigenvalue weighted by atomic mass is 127. The lowest BCUT2D eigenvalue weighted by Gasteiger charge is -2.27. The van der Waals surface area contributed by atoms with Crippen molar-refractivity contribution in [3.8, 4) is 5.75 Å². The second-order valence-electron chi connectivity index (χ2n) is 6.92. The molecule has 1 unspecified atom stereocenters. The van der Waals surface area contributed by atoms with Gasteiger partial charge in [0.25, 0.3) is 0 Å². The average Bonchev–Trinajstić information content (AvgIpc) is 3.20. The third-order valence-electron chi connectivity index (χ3n) is 4.74. The molecule has 2 N–H and O–H groups in total. The Labute approximate surface area is 197 Å². The van der Waals surface area contributed by atoms with Gasteiger partial charge < -0.3 is 20.3 Å². The Morgan fingerprint density at radius 1 is 1.33 bits per heavy atom. The third kappa shape index (κ3) is 6.83. The van der Waals surface area contributed by atoms with Crippen molar-refractivity contribution in [2.45, 2.75) is 32.4 Å². The highest BCUT2D eigenvalue weighted by molar-refractivity contribution is 14.0. The summed E-state index contributed by atoms with van der Waals surface area (Å²) >= 11 is 1.77. The van der Waals surface area contributed by atoms with E-state index in [-0.39, 0.29) is 47.6 Å². The molecular weight excluding hydrogens is 518 g/mol. The van der Waals surface area contributed by atoms with Gasteiger partial charge >= 0.3 is 0 Å². The van der Waals surface area contributed by atoms with E-state index in [4.69, 9.17) is 4.74 Å². The molecular formula is C21H28FIN4O2S. The summed E-state index contributed by atoms with van der Waals surface area (Å²) in [5.74, 6) is 0.569. The number of nitrogens with zero attached hydrogens (tertiary/aromatic N) is 2. The molecule has 9 heteroatoms. The Kier molecular flexibility index (Phi) is 9.83. The quantitative estimate of drug-likeness (QED) is 0.318. The molecule has 1 aliphatic heterocycles. The topological polar surface area (TPSA) is 66.0 Å². The number of ether oxygens (including phenoxy) is 1. The standard InChI is InChI=1S/C21H27FN4O2S.HI/c1-15(28-18-6-4-3-5-17(18)22)13-25-21(23-2)24-10-7-20(27)26-11-8-19-16(14-26)9-12-29-19;/h3-6,9,12,15H,7-8,10-11,13-14H2,1-2H3,(H2,23,24,25);1H. The van der Waals surface area contributed by atoms with Gasteiger partial charge in [0, 0.05) is 38.0 Å². The minimum atomic E-state index is -0.382. The maximum absolute atomic E-state index is 13.7. The molecule has 30 heavy (non-hydrogen) atoms. The van der Waals surface area contributed by atoms with Crippen molar-refractivity contribution in [3.05, 3.63) is 52.0 Å². The molecule has 0 radical (unpaired) electrons. The van der Waals surface area contributed by atoms with Crippen molar-refractivity contribution in [1.82, 2.24) is 15.5 Å². The van der Waals surface area contributed by atoms with Gasteiger partial charge in [-0.15, -0.1) is 35.3 Å². The number of para-hydroxylation sites is 1. The van der Waals surface area contributed by atoms with Gasteiger partial charge in [0.05, 0.1) is 6.54 Å². The first-order chi connectivity index (χ1) is 14.1. The lowest BCUT2D eigenvalue weighted by Crippen LogP contribution is -2.43. The zero-order valence-electron chi connectivity index (χ0n) is 17.2. The molecule has 1 amide bonds. The molecule has 2 aromatic rings. The van der Waals surface area contributed by atoms with Crippen LogP contribution >= 0.6 is 35.3 Å². The Balaban J connectivity index is 0.00000320. The van der Waals surface area contributed by atoms with Gasteiger partial charge in [-0.05, 0) is 42.5 Å². The fraction of sp³-hybridized carbons (Fsp3) is 0.429. The van der Waals surface area contributed by atoms with Gasteiger partial charge in [-0.2, -0.15) is 0 Å². The number of nitrogens with one attached hydrogen (secondary N) is 2. The first-order valence-corrected chi connectivity index (χ1v) is 10.6. The summed E-state index contributed by atoms with van der Waals surface area (Å²) in [6, 6.07) is 8.44. The molecule has 1 aromatic carbocycles. The molecule has 1 aliphatic rings. The Bertz CT molecular complexity index is 861. The number of aliphatic imine (C=N–C) groups is 1. The van der Waals surface area contributed by atoms with Crippen molar-refractivity contribution in [2.75, 3.05) is 26.7 Å². The molecule has 6 nitrogen and oxygen atoms in total. The molecule has 1 atom stereocenters. The van der Waals surface area contributed by atoms with Gasteiger partial charge in [0.15, 0.2) is 17.5 Å². The monoisotopic (exact) mass is 546 g/mol. The van der Waals surface area contributed by atoms with Crippen LogP contribution in [-0.2, 0) is 17.8 Å². The van der Waals surface area contributed by atoms with E-state index in [0.717, 1.165) is 13.0 Å². The summed E-state index contributed by atoms with van der Waals surface area (Å²) in [5.41, 5.74) is 1.27.